The molecule has 0 aromatic rings. The van der Waals surface area contributed by atoms with Gasteiger partial charge in [0, 0.05) is 13.1 Å². The number of allylic oxidation sites excluding steroid dienone is 2. The fraction of sp³-hybridized carbons (Fsp3) is 0.467. The topological polar surface area (TPSA) is 57.6 Å². The number of carboxylic acids is 1. The Morgan fingerprint density at radius 3 is 2.16 bits per heavy atom. The average Bonchev–Trinajstić information content (AvgIpc) is 2.97. The second-order valence-electron chi connectivity index (χ2n) is 5.16. The fourth-order valence-corrected chi connectivity index (χ4v) is 3.27. The molecule has 1 N–H and O–H groups in total. The van der Waals surface area contributed by atoms with Crippen LogP contribution < -0.4 is 0 Å². The Labute approximate surface area is 113 Å². The highest BCUT2D eigenvalue weighted by molar-refractivity contribution is 5.87. The van der Waals surface area contributed by atoms with E-state index in [2.05, 4.69) is 13.2 Å². The molecule has 4 atom stereocenters. The molecule has 0 aromatic heterocycles. The normalized spacial score (nSPS) is 31.2. The number of carboxylic acid groups (broad SMARTS) is 1. The highest BCUT2D eigenvalue weighted by atomic mass is 16.4. The van der Waals surface area contributed by atoms with Crippen LogP contribution >= 0.6 is 0 Å². The van der Waals surface area contributed by atoms with Crippen molar-refractivity contribution in [3.8, 4) is 0 Å². The number of hydrogen-bond donors (Lipinski definition) is 1. The van der Waals surface area contributed by atoms with Crippen LogP contribution in [-0.4, -0.2) is 35.0 Å². The minimum absolute atomic E-state index is 0.00534. The van der Waals surface area contributed by atoms with Gasteiger partial charge in [-0.2, -0.15) is 0 Å². The number of nitrogens with zero attached hydrogens (tertiary/aromatic N) is 1. The molecule has 4 nitrogen and oxygen atoms in total. The first-order valence-corrected chi connectivity index (χ1v) is 6.51. The van der Waals surface area contributed by atoms with Crippen molar-refractivity contribution >= 4 is 11.9 Å². The van der Waals surface area contributed by atoms with E-state index in [1.165, 1.54) is 0 Å². The number of carbonyl (C=O) groups is 2. The molecule has 1 fully saturated rings. The standard InChI is InChI=1S/C15H19NO3/c1-3-7-16(8-4-2)14(17)12-10-5-6-11(9-10)13(12)15(18)19/h3-6,10-13H,1-2,7-9H2,(H,18,19). The van der Waals surface area contributed by atoms with Crippen LogP contribution in [0.3, 0.4) is 0 Å². The number of aliphatic carboxylic acids is 1. The third-order valence-electron chi connectivity index (χ3n) is 4.04. The van der Waals surface area contributed by atoms with Crippen LogP contribution in [0.4, 0.5) is 0 Å². The summed E-state index contributed by atoms with van der Waals surface area (Å²) in [6.07, 6.45) is 8.02. The van der Waals surface area contributed by atoms with Gasteiger partial charge in [-0.05, 0) is 18.3 Å². The quantitative estimate of drug-likeness (QED) is 0.740. The summed E-state index contributed by atoms with van der Waals surface area (Å²) in [5, 5.41) is 9.35. The van der Waals surface area contributed by atoms with Gasteiger partial charge >= 0.3 is 5.97 Å². The molecule has 0 saturated heterocycles. The van der Waals surface area contributed by atoms with Gasteiger partial charge in [0.05, 0.1) is 11.8 Å². The largest absolute Gasteiger partial charge is 0.481 e. The summed E-state index contributed by atoms with van der Waals surface area (Å²) in [5.41, 5.74) is 0. The Bertz CT molecular complexity index is 431. The van der Waals surface area contributed by atoms with Crippen LogP contribution in [0.2, 0.25) is 0 Å². The van der Waals surface area contributed by atoms with Crippen molar-refractivity contribution in [2.75, 3.05) is 13.1 Å². The summed E-state index contributed by atoms with van der Waals surface area (Å²) in [6.45, 7) is 8.12. The average molecular weight is 261 g/mol. The monoisotopic (exact) mass is 261 g/mol. The van der Waals surface area contributed by atoms with E-state index in [1.807, 2.05) is 12.2 Å². The van der Waals surface area contributed by atoms with E-state index in [9.17, 15) is 14.7 Å². The van der Waals surface area contributed by atoms with Crippen molar-refractivity contribution < 1.29 is 14.7 Å². The maximum atomic E-state index is 12.6. The lowest BCUT2D eigenvalue weighted by Crippen LogP contribution is -2.43. The van der Waals surface area contributed by atoms with Gasteiger partial charge in [0.25, 0.3) is 0 Å². The minimum atomic E-state index is -0.868. The molecule has 0 aliphatic heterocycles. The molecule has 0 heterocycles. The Hall–Kier alpha value is -1.84. The molecule has 4 heteroatoms. The van der Waals surface area contributed by atoms with Crippen molar-refractivity contribution in [1.82, 2.24) is 4.90 Å². The summed E-state index contributed by atoms with van der Waals surface area (Å²) in [4.78, 5) is 25.6. The van der Waals surface area contributed by atoms with E-state index in [0.717, 1.165) is 6.42 Å². The highest BCUT2D eigenvalue weighted by Crippen LogP contribution is 2.48. The van der Waals surface area contributed by atoms with Crippen LogP contribution in [-0.2, 0) is 9.59 Å². The van der Waals surface area contributed by atoms with Crippen molar-refractivity contribution in [2.24, 2.45) is 23.7 Å². The predicted molar refractivity (Wildman–Crippen MR) is 72.3 cm³/mol. The third-order valence-corrected chi connectivity index (χ3v) is 4.04. The van der Waals surface area contributed by atoms with Crippen LogP contribution in [0, 0.1) is 23.7 Å². The fourth-order valence-electron chi connectivity index (χ4n) is 3.27. The molecule has 1 saturated carbocycles. The van der Waals surface area contributed by atoms with E-state index < -0.39 is 17.8 Å². The molecule has 0 spiro atoms. The second-order valence-corrected chi connectivity index (χ2v) is 5.16. The van der Waals surface area contributed by atoms with Gasteiger partial charge in [0.1, 0.15) is 0 Å². The SMILES string of the molecule is C=CCN(CC=C)C(=O)C1C2C=CC(C2)C1C(=O)O. The molecule has 2 bridgehead atoms. The van der Waals surface area contributed by atoms with Crippen molar-refractivity contribution in [2.45, 2.75) is 6.42 Å². The molecular weight excluding hydrogens is 242 g/mol. The van der Waals surface area contributed by atoms with Gasteiger partial charge in [0.15, 0.2) is 0 Å². The van der Waals surface area contributed by atoms with E-state index >= 15 is 0 Å². The second kappa shape index (κ2) is 5.43. The Kier molecular flexibility index (Phi) is 3.88. The maximum absolute atomic E-state index is 12.6. The minimum Gasteiger partial charge on any atom is -0.481 e. The summed E-state index contributed by atoms with van der Waals surface area (Å²) in [6, 6.07) is 0. The Morgan fingerprint density at radius 2 is 1.68 bits per heavy atom. The lowest BCUT2D eigenvalue weighted by atomic mass is 9.82. The lowest BCUT2D eigenvalue weighted by molar-refractivity contribution is -0.150. The van der Waals surface area contributed by atoms with Crippen LogP contribution in [0.5, 0.6) is 0 Å². The van der Waals surface area contributed by atoms with Crippen LogP contribution in [0.25, 0.3) is 0 Å². The van der Waals surface area contributed by atoms with Gasteiger partial charge in [-0.1, -0.05) is 24.3 Å². The lowest BCUT2D eigenvalue weighted by Gasteiger charge is -2.29. The molecule has 2 aliphatic carbocycles. The van der Waals surface area contributed by atoms with Gasteiger partial charge in [0.2, 0.25) is 5.91 Å². The molecule has 19 heavy (non-hydrogen) atoms. The smallest absolute Gasteiger partial charge is 0.307 e. The molecular formula is C15H19NO3. The number of fused-ring (bicyclic) bond motifs is 2. The third kappa shape index (κ3) is 2.35. The van der Waals surface area contributed by atoms with Gasteiger partial charge < -0.3 is 10.0 Å². The molecule has 0 radical (unpaired) electrons. The van der Waals surface area contributed by atoms with Crippen LogP contribution in [0.15, 0.2) is 37.5 Å². The first-order valence-electron chi connectivity index (χ1n) is 6.51. The number of carbonyl (C=O) groups excluding carboxylic acids is 1. The number of hydrogen-bond acceptors (Lipinski definition) is 2. The molecule has 1 amide bonds. The Morgan fingerprint density at radius 1 is 1.16 bits per heavy atom. The maximum Gasteiger partial charge on any atom is 0.307 e. The highest BCUT2D eigenvalue weighted by Gasteiger charge is 2.52. The molecule has 4 unspecified atom stereocenters. The zero-order valence-corrected chi connectivity index (χ0v) is 10.9. The van der Waals surface area contributed by atoms with Crippen molar-refractivity contribution in [3.05, 3.63) is 37.5 Å². The predicted octanol–water partition coefficient (Wildman–Crippen LogP) is 1.71. The van der Waals surface area contributed by atoms with Gasteiger partial charge in [-0.15, -0.1) is 13.2 Å². The van der Waals surface area contributed by atoms with Gasteiger partial charge in [-0.3, -0.25) is 9.59 Å². The summed E-state index contributed by atoms with van der Waals surface area (Å²) in [7, 11) is 0. The number of rotatable bonds is 6. The number of amides is 1. The molecule has 2 aliphatic rings. The van der Waals surface area contributed by atoms with Crippen molar-refractivity contribution in [3.63, 3.8) is 0 Å². The van der Waals surface area contributed by atoms with E-state index in [-0.39, 0.29) is 17.7 Å². The van der Waals surface area contributed by atoms with Gasteiger partial charge in [-0.25, -0.2) is 0 Å². The molecule has 102 valence electrons. The summed E-state index contributed by atoms with van der Waals surface area (Å²) in [5.74, 6) is -1.91. The summed E-state index contributed by atoms with van der Waals surface area (Å²) < 4.78 is 0. The zero-order valence-electron chi connectivity index (χ0n) is 10.9. The first-order chi connectivity index (χ1) is 9.10. The van der Waals surface area contributed by atoms with Crippen molar-refractivity contribution in [1.29, 1.82) is 0 Å². The first kappa shape index (κ1) is 13.6. The Balaban J connectivity index is 2.21. The summed E-state index contributed by atoms with van der Waals surface area (Å²) >= 11 is 0. The van der Waals surface area contributed by atoms with Crippen LogP contribution in [0.1, 0.15) is 6.42 Å². The van der Waals surface area contributed by atoms with E-state index in [0.29, 0.717) is 13.1 Å². The van der Waals surface area contributed by atoms with E-state index in [1.54, 1.807) is 17.1 Å². The molecule has 2 rings (SSSR count). The zero-order chi connectivity index (χ0) is 14.0. The molecule has 0 aromatic carbocycles. The van der Waals surface area contributed by atoms with E-state index in [4.69, 9.17) is 0 Å².